The third kappa shape index (κ3) is 4.50. The van der Waals surface area contributed by atoms with Crippen molar-refractivity contribution in [3.8, 4) is 17.2 Å². The maximum Gasteiger partial charge on any atom is 0.387 e. The van der Waals surface area contributed by atoms with Gasteiger partial charge in [-0.3, -0.25) is 4.72 Å². The number of sulfonamides is 1. The van der Waals surface area contributed by atoms with E-state index in [0.29, 0.717) is 11.3 Å². The summed E-state index contributed by atoms with van der Waals surface area (Å²) in [5.41, 5.74) is 0.522. The first kappa shape index (κ1) is 18.8. The fraction of sp³-hybridized carbons (Fsp3) is 0.250. The molecule has 0 unspecified atom stereocenters. The third-order valence-corrected chi connectivity index (χ3v) is 4.64. The van der Waals surface area contributed by atoms with Gasteiger partial charge in [0.1, 0.15) is 22.1 Å². The third-order valence-electron chi connectivity index (χ3n) is 3.26. The van der Waals surface area contributed by atoms with Crippen LogP contribution in [0.4, 0.5) is 14.5 Å². The van der Waals surface area contributed by atoms with E-state index in [9.17, 15) is 17.2 Å². The van der Waals surface area contributed by atoms with Crippen molar-refractivity contribution in [3.05, 3.63) is 42.0 Å². The quantitative estimate of drug-likeness (QED) is 0.805. The van der Waals surface area contributed by atoms with E-state index >= 15 is 0 Å². The van der Waals surface area contributed by atoms with E-state index in [1.165, 1.54) is 44.6 Å². The van der Waals surface area contributed by atoms with Crippen molar-refractivity contribution in [1.29, 1.82) is 0 Å². The standard InChI is InChI=1S/C16H17F2NO5S/c1-10-4-6-12(14(8-10)24-16(17)18)19-25(20,21)15-9-11(22-2)5-7-13(15)23-3/h4-9,16,19H,1-3H3. The van der Waals surface area contributed by atoms with Gasteiger partial charge >= 0.3 is 6.61 Å². The summed E-state index contributed by atoms with van der Waals surface area (Å²) in [5, 5.41) is 0. The van der Waals surface area contributed by atoms with E-state index in [4.69, 9.17) is 9.47 Å². The Morgan fingerprint density at radius 2 is 1.72 bits per heavy atom. The topological polar surface area (TPSA) is 73.9 Å². The summed E-state index contributed by atoms with van der Waals surface area (Å²) in [5.74, 6) is 0.103. The van der Waals surface area contributed by atoms with Crippen LogP contribution in [-0.4, -0.2) is 29.2 Å². The molecule has 136 valence electrons. The van der Waals surface area contributed by atoms with Crippen LogP contribution in [0.1, 0.15) is 5.56 Å². The van der Waals surface area contributed by atoms with Crippen LogP contribution in [0.25, 0.3) is 0 Å². The number of benzene rings is 2. The maximum atomic E-state index is 12.7. The Morgan fingerprint density at radius 3 is 2.32 bits per heavy atom. The molecule has 0 aliphatic rings. The Labute approximate surface area is 144 Å². The number of alkyl halides is 2. The second-order valence-corrected chi connectivity index (χ2v) is 6.65. The first-order chi connectivity index (χ1) is 11.8. The summed E-state index contributed by atoms with van der Waals surface area (Å²) in [6.45, 7) is -1.42. The van der Waals surface area contributed by atoms with Gasteiger partial charge in [-0.1, -0.05) is 6.07 Å². The summed E-state index contributed by atoms with van der Waals surface area (Å²) in [7, 11) is -1.43. The molecule has 2 rings (SSSR count). The van der Waals surface area contributed by atoms with E-state index in [0.717, 1.165) is 0 Å². The van der Waals surface area contributed by atoms with Gasteiger partial charge in [-0.25, -0.2) is 8.42 Å². The van der Waals surface area contributed by atoms with Crippen molar-refractivity contribution in [3.63, 3.8) is 0 Å². The molecule has 0 atom stereocenters. The lowest BCUT2D eigenvalue weighted by atomic mass is 10.2. The van der Waals surface area contributed by atoms with Gasteiger partial charge in [0.2, 0.25) is 0 Å². The minimum absolute atomic E-state index is 0.0803. The lowest BCUT2D eigenvalue weighted by Gasteiger charge is -2.16. The molecule has 25 heavy (non-hydrogen) atoms. The van der Waals surface area contributed by atoms with Crippen LogP contribution in [0.15, 0.2) is 41.3 Å². The molecule has 0 aliphatic heterocycles. The first-order valence-electron chi connectivity index (χ1n) is 7.07. The van der Waals surface area contributed by atoms with Gasteiger partial charge in [-0.05, 0) is 36.8 Å². The van der Waals surface area contributed by atoms with Crippen LogP contribution < -0.4 is 18.9 Å². The number of aryl methyl sites for hydroxylation is 1. The maximum absolute atomic E-state index is 12.7. The van der Waals surface area contributed by atoms with Crippen LogP contribution in [0.2, 0.25) is 0 Å². The van der Waals surface area contributed by atoms with Crippen molar-refractivity contribution < 1.29 is 31.4 Å². The predicted octanol–water partition coefficient (Wildman–Crippen LogP) is 3.41. The van der Waals surface area contributed by atoms with Crippen molar-refractivity contribution in [1.82, 2.24) is 0 Å². The molecule has 0 spiro atoms. The van der Waals surface area contributed by atoms with E-state index in [1.807, 2.05) is 0 Å². The van der Waals surface area contributed by atoms with Crippen LogP contribution in [0.3, 0.4) is 0 Å². The smallest absolute Gasteiger partial charge is 0.387 e. The van der Waals surface area contributed by atoms with Crippen LogP contribution in [-0.2, 0) is 10.0 Å². The zero-order chi connectivity index (χ0) is 18.6. The molecular formula is C16H17F2NO5S. The van der Waals surface area contributed by atoms with Gasteiger partial charge in [-0.15, -0.1) is 0 Å². The van der Waals surface area contributed by atoms with Crippen LogP contribution >= 0.6 is 0 Å². The molecule has 0 radical (unpaired) electrons. The number of ether oxygens (including phenoxy) is 3. The van der Waals surface area contributed by atoms with Gasteiger partial charge in [0, 0.05) is 6.07 Å². The molecule has 0 amide bonds. The number of hydrogen-bond donors (Lipinski definition) is 1. The van der Waals surface area contributed by atoms with Gasteiger partial charge in [0.05, 0.1) is 19.9 Å². The Morgan fingerprint density at radius 1 is 1.00 bits per heavy atom. The highest BCUT2D eigenvalue weighted by atomic mass is 32.2. The molecule has 0 saturated carbocycles. The molecule has 0 heterocycles. The molecule has 1 N–H and O–H groups in total. The lowest BCUT2D eigenvalue weighted by Crippen LogP contribution is -2.16. The lowest BCUT2D eigenvalue weighted by molar-refractivity contribution is -0.0493. The van der Waals surface area contributed by atoms with Crippen molar-refractivity contribution in [2.24, 2.45) is 0 Å². The number of rotatable bonds is 7. The fourth-order valence-corrected chi connectivity index (χ4v) is 3.36. The summed E-state index contributed by atoms with van der Waals surface area (Å²) in [6.07, 6.45) is 0. The van der Waals surface area contributed by atoms with Crippen LogP contribution in [0, 0.1) is 6.92 Å². The molecule has 0 saturated heterocycles. The molecule has 0 fully saturated rings. The SMILES string of the molecule is COc1ccc(OC)c(S(=O)(=O)Nc2ccc(C)cc2OC(F)F)c1. The minimum Gasteiger partial charge on any atom is -0.497 e. The Kier molecular flexibility index (Phi) is 5.68. The Hall–Kier alpha value is -2.55. The number of halogens is 2. The minimum atomic E-state index is -4.14. The normalized spacial score (nSPS) is 11.3. The number of hydrogen-bond acceptors (Lipinski definition) is 5. The molecule has 6 nitrogen and oxygen atoms in total. The molecule has 0 bridgehead atoms. The highest BCUT2D eigenvalue weighted by Crippen LogP contribution is 2.33. The average molecular weight is 373 g/mol. The van der Waals surface area contributed by atoms with E-state index in [2.05, 4.69) is 9.46 Å². The zero-order valence-electron chi connectivity index (χ0n) is 13.7. The van der Waals surface area contributed by atoms with Gasteiger partial charge in [0.25, 0.3) is 10.0 Å². The molecule has 9 heteroatoms. The fourth-order valence-electron chi connectivity index (χ4n) is 2.10. The average Bonchev–Trinajstić information content (AvgIpc) is 2.56. The van der Waals surface area contributed by atoms with Crippen molar-refractivity contribution in [2.75, 3.05) is 18.9 Å². The van der Waals surface area contributed by atoms with Gasteiger partial charge in [-0.2, -0.15) is 8.78 Å². The van der Waals surface area contributed by atoms with E-state index in [-0.39, 0.29) is 22.1 Å². The van der Waals surface area contributed by atoms with Crippen LogP contribution in [0.5, 0.6) is 17.2 Å². The molecule has 2 aromatic carbocycles. The summed E-state index contributed by atoms with van der Waals surface area (Å²) >= 11 is 0. The molecular weight excluding hydrogens is 356 g/mol. The summed E-state index contributed by atoms with van der Waals surface area (Å²) in [4.78, 5) is -0.196. The molecule has 0 aliphatic carbocycles. The summed E-state index contributed by atoms with van der Waals surface area (Å²) < 4.78 is 67.2. The number of nitrogens with one attached hydrogen (secondary N) is 1. The van der Waals surface area contributed by atoms with Crippen molar-refractivity contribution >= 4 is 15.7 Å². The highest BCUT2D eigenvalue weighted by Gasteiger charge is 2.23. The predicted molar refractivity (Wildman–Crippen MR) is 88.2 cm³/mol. The largest absolute Gasteiger partial charge is 0.497 e. The number of anilines is 1. The van der Waals surface area contributed by atoms with Gasteiger partial charge < -0.3 is 14.2 Å². The van der Waals surface area contributed by atoms with E-state index in [1.54, 1.807) is 13.0 Å². The first-order valence-corrected chi connectivity index (χ1v) is 8.55. The number of methoxy groups -OCH3 is 2. The highest BCUT2D eigenvalue weighted by molar-refractivity contribution is 7.92. The second kappa shape index (κ2) is 7.56. The Balaban J connectivity index is 2.46. The zero-order valence-corrected chi connectivity index (χ0v) is 14.6. The van der Waals surface area contributed by atoms with Gasteiger partial charge in [0.15, 0.2) is 0 Å². The second-order valence-electron chi connectivity index (χ2n) is 5.00. The molecule has 2 aromatic rings. The van der Waals surface area contributed by atoms with Crippen molar-refractivity contribution in [2.45, 2.75) is 18.4 Å². The van der Waals surface area contributed by atoms with E-state index < -0.39 is 16.6 Å². The monoisotopic (exact) mass is 373 g/mol. The Bertz CT molecular complexity index is 856. The summed E-state index contributed by atoms with van der Waals surface area (Å²) in [6, 6.07) is 8.46. The molecule has 0 aromatic heterocycles.